The quantitative estimate of drug-likeness (QED) is 0.179. The van der Waals surface area contributed by atoms with E-state index >= 15 is 0 Å². The summed E-state index contributed by atoms with van der Waals surface area (Å²) in [5.74, 6) is -2.85. The zero-order valence-electron chi connectivity index (χ0n) is 22.2. The van der Waals surface area contributed by atoms with Crippen LogP contribution in [0.1, 0.15) is 47.8 Å². The van der Waals surface area contributed by atoms with Gasteiger partial charge in [0.15, 0.2) is 11.5 Å². The molecule has 3 unspecified atom stereocenters. The first-order valence-electron chi connectivity index (χ1n) is 12.3. The predicted octanol–water partition coefficient (Wildman–Crippen LogP) is 1.43. The van der Waals surface area contributed by atoms with Gasteiger partial charge in [-0.25, -0.2) is 9.59 Å². The molecule has 1 saturated heterocycles. The predicted molar refractivity (Wildman–Crippen MR) is 150 cm³/mol. The van der Waals surface area contributed by atoms with Crippen LogP contribution >= 0.6 is 11.8 Å². The minimum absolute atomic E-state index is 0.0563. The fourth-order valence-electron chi connectivity index (χ4n) is 3.90. The van der Waals surface area contributed by atoms with Crippen molar-refractivity contribution in [1.29, 1.82) is 0 Å². The van der Waals surface area contributed by atoms with Gasteiger partial charge in [-0.1, -0.05) is 19.9 Å². The van der Waals surface area contributed by atoms with Crippen LogP contribution in [-0.2, 0) is 9.59 Å². The number of ether oxygens (including phenoxy) is 1. The Labute approximate surface area is 237 Å². The molecule has 41 heavy (non-hydrogen) atoms. The number of aromatic nitrogens is 2. The van der Waals surface area contributed by atoms with Crippen LogP contribution in [0.4, 0.5) is 5.69 Å². The summed E-state index contributed by atoms with van der Waals surface area (Å²) in [6.07, 6.45) is -0.211. The molecule has 0 radical (unpaired) electrons. The molecule has 0 saturated carbocycles. The molecule has 15 heteroatoms. The number of aromatic carboxylic acids is 1. The third-order valence-electron chi connectivity index (χ3n) is 5.76. The number of carbonyl (C=O) groups is 3. The van der Waals surface area contributed by atoms with Gasteiger partial charge in [0.1, 0.15) is 5.50 Å². The Kier molecular flexibility index (Phi) is 10.2. The lowest BCUT2D eigenvalue weighted by molar-refractivity contribution is -0.123. The summed E-state index contributed by atoms with van der Waals surface area (Å²) >= 11 is 1.05. The first-order chi connectivity index (χ1) is 19.5. The van der Waals surface area contributed by atoms with Crippen molar-refractivity contribution in [3.8, 4) is 17.4 Å². The number of phenols is 1. The summed E-state index contributed by atoms with van der Waals surface area (Å²) < 4.78 is 5.13. The molecule has 4 rings (SSSR count). The smallest absolute Gasteiger partial charge is 0.335 e. The third kappa shape index (κ3) is 7.46. The van der Waals surface area contributed by atoms with Gasteiger partial charge in [-0.3, -0.25) is 29.7 Å². The van der Waals surface area contributed by atoms with E-state index < -0.39 is 51.7 Å². The molecular weight excluding hydrogens is 558 g/mol. The molecule has 1 aliphatic heterocycles. The number of hydrogen-bond acceptors (Lipinski definition) is 10. The maximum Gasteiger partial charge on any atom is 0.335 e. The molecule has 0 bridgehead atoms. The second kappa shape index (κ2) is 13.5. The Morgan fingerprint density at radius 3 is 2.34 bits per heavy atom. The monoisotopic (exact) mass is 587 g/mol. The van der Waals surface area contributed by atoms with E-state index in [0.717, 1.165) is 11.8 Å². The summed E-state index contributed by atoms with van der Waals surface area (Å²) in [6, 6.07) is 8.62. The van der Waals surface area contributed by atoms with Crippen LogP contribution in [0.2, 0.25) is 0 Å². The highest BCUT2D eigenvalue weighted by atomic mass is 32.2. The van der Waals surface area contributed by atoms with Crippen LogP contribution in [0, 0.1) is 0 Å². The van der Waals surface area contributed by atoms with Crippen LogP contribution in [0.3, 0.4) is 0 Å². The maximum atomic E-state index is 12.6. The normalized spacial score (nSPS) is 16.6. The van der Waals surface area contributed by atoms with Gasteiger partial charge in [0.25, 0.3) is 5.56 Å². The number of H-pyrrole nitrogens is 2. The molecule has 0 spiro atoms. The first-order valence-corrected chi connectivity index (χ1v) is 13.3. The standard InChI is InChI=1S/C24H23N5O9S.C2H6/c1-38-14-8-11(4-7-13(14)30)18(17-20(33)27-23(37)28-21(17)34)26-24-29-19(32)15(39-24)9-16(31)25-12-5-2-10(3-6-12)22(35)36;1-2/h2-8,15,18,24,26,30H,9H2,1H3,(H,25,31)(H,29,32)(H,35,36)(H3,27,28,33,34,37);1-2H3. The number of aromatic amines is 2. The van der Waals surface area contributed by atoms with E-state index in [1.54, 1.807) is 0 Å². The molecule has 14 nitrogen and oxygen atoms in total. The third-order valence-corrected chi connectivity index (χ3v) is 6.99. The zero-order chi connectivity index (χ0) is 30.3. The highest BCUT2D eigenvalue weighted by Gasteiger charge is 2.37. The summed E-state index contributed by atoms with van der Waals surface area (Å²) in [6.45, 7) is 4.00. The van der Waals surface area contributed by atoms with E-state index in [0.29, 0.717) is 11.3 Å². The molecule has 8 N–H and O–H groups in total. The minimum atomic E-state index is -1.10. The van der Waals surface area contributed by atoms with Gasteiger partial charge < -0.3 is 30.7 Å². The van der Waals surface area contributed by atoms with Gasteiger partial charge in [0.05, 0.1) is 29.5 Å². The van der Waals surface area contributed by atoms with Crippen molar-refractivity contribution in [2.75, 3.05) is 12.4 Å². The number of hydrogen-bond donors (Lipinski definition) is 8. The number of thioether (sulfide) groups is 1. The van der Waals surface area contributed by atoms with E-state index in [9.17, 15) is 34.2 Å². The number of amides is 2. The van der Waals surface area contributed by atoms with Crippen LogP contribution < -0.4 is 31.9 Å². The average Bonchev–Trinajstić information content (AvgIpc) is 3.27. The number of nitrogens with one attached hydrogen (secondary N) is 5. The molecule has 0 aliphatic carbocycles. The Morgan fingerprint density at radius 2 is 1.73 bits per heavy atom. The lowest BCUT2D eigenvalue weighted by Gasteiger charge is -2.23. The number of phenolic OH excluding ortho intramolecular Hbond substituents is 1. The summed E-state index contributed by atoms with van der Waals surface area (Å²) in [5.41, 5.74) is -2.14. The molecule has 2 amide bonds. The fourth-order valence-corrected chi connectivity index (χ4v) is 5.07. The fraction of sp³-hybridized carbons (Fsp3) is 0.269. The molecule has 3 atom stereocenters. The highest BCUT2D eigenvalue weighted by molar-refractivity contribution is 8.01. The number of carboxylic acids is 1. The van der Waals surface area contributed by atoms with Crippen LogP contribution in [0.15, 0.2) is 52.1 Å². The van der Waals surface area contributed by atoms with Crippen LogP contribution in [-0.4, -0.2) is 60.9 Å². The van der Waals surface area contributed by atoms with Crippen molar-refractivity contribution < 1.29 is 34.4 Å². The number of aromatic hydroxyl groups is 2. The van der Waals surface area contributed by atoms with E-state index in [4.69, 9.17) is 9.84 Å². The first kappa shape index (κ1) is 30.8. The van der Waals surface area contributed by atoms with Crippen molar-refractivity contribution in [3.05, 3.63) is 80.0 Å². The number of carbonyl (C=O) groups excluding carboxylic acids is 2. The highest BCUT2D eigenvalue weighted by Crippen LogP contribution is 2.34. The number of benzene rings is 2. The van der Waals surface area contributed by atoms with Crippen molar-refractivity contribution in [2.24, 2.45) is 0 Å². The van der Waals surface area contributed by atoms with Gasteiger partial charge in [-0.15, -0.1) is 11.8 Å². The summed E-state index contributed by atoms with van der Waals surface area (Å²) in [4.78, 5) is 64.6. The van der Waals surface area contributed by atoms with Gasteiger partial charge in [-0.05, 0) is 42.0 Å². The molecule has 2 aromatic carbocycles. The Hall–Kier alpha value is -4.76. The Bertz CT molecular complexity index is 1540. The molecule has 1 aliphatic rings. The topological polar surface area (TPSA) is 223 Å². The zero-order valence-corrected chi connectivity index (χ0v) is 23.0. The Balaban J connectivity index is 0.00000226. The lowest BCUT2D eigenvalue weighted by Crippen LogP contribution is -2.42. The second-order valence-corrected chi connectivity index (χ2v) is 9.66. The molecule has 1 aromatic heterocycles. The SMILES string of the molecule is CC.COc1cc(C(NC2NC(=O)C(CC(=O)Nc3ccc(C(=O)O)cc3)S2)c2c(O)[nH]c(=O)[nH]c2=O)ccc1O. The maximum absolute atomic E-state index is 12.6. The molecule has 3 aromatic rings. The summed E-state index contributed by atoms with van der Waals surface area (Å²) in [7, 11) is 1.33. The molecule has 2 heterocycles. The van der Waals surface area contributed by atoms with Gasteiger partial charge >= 0.3 is 11.7 Å². The number of anilines is 1. The number of methoxy groups -OCH3 is 1. The molecular formula is C26H29N5O9S. The summed E-state index contributed by atoms with van der Waals surface area (Å²) in [5, 5.41) is 36.8. The van der Waals surface area contributed by atoms with Crippen LogP contribution in [0.25, 0.3) is 0 Å². The van der Waals surface area contributed by atoms with E-state index in [-0.39, 0.29) is 29.0 Å². The Morgan fingerprint density at radius 1 is 1.05 bits per heavy atom. The van der Waals surface area contributed by atoms with Gasteiger partial charge in [0.2, 0.25) is 17.7 Å². The molecule has 1 fully saturated rings. The van der Waals surface area contributed by atoms with E-state index in [1.807, 2.05) is 18.8 Å². The number of carboxylic acid groups (broad SMARTS) is 1. The second-order valence-electron chi connectivity index (χ2n) is 8.35. The minimum Gasteiger partial charge on any atom is -0.504 e. The van der Waals surface area contributed by atoms with Crippen molar-refractivity contribution in [3.63, 3.8) is 0 Å². The van der Waals surface area contributed by atoms with E-state index in [2.05, 4.69) is 20.9 Å². The van der Waals surface area contributed by atoms with Crippen LogP contribution in [0.5, 0.6) is 17.4 Å². The van der Waals surface area contributed by atoms with Gasteiger partial charge in [0, 0.05) is 12.1 Å². The lowest BCUT2D eigenvalue weighted by atomic mass is 10.00. The van der Waals surface area contributed by atoms with Crippen molar-refractivity contribution in [2.45, 2.75) is 37.1 Å². The van der Waals surface area contributed by atoms with Gasteiger partial charge in [-0.2, -0.15) is 0 Å². The number of rotatable bonds is 9. The van der Waals surface area contributed by atoms with Crippen molar-refractivity contribution >= 4 is 35.2 Å². The average molecular weight is 588 g/mol. The molecule has 218 valence electrons. The largest absolute Gasteiger partial charge is 0.504 e. The van der Waals surface area contributed by atoms with E-state index in [1.165, 1.54) is 49.6 Å². The van der Waals surface area contributed by atoms with Crippen molar-refractivity contribution in [1.82, 2.24) is 20.6 Å².